The molecule has 0 fully saturated rings. The molecule has 1 aromatic heterocycles. The first-order valence-corrected chi connectivity index (χ1v) is 5.38. The Bertz CT molecular complexity index is 648. The zero-order valence-electron chi connectivity index (χ0n) is 10.4. The normalized spacial score (nSPS) is 10.2. The lowest BCUT2D eigenvalue weighted by molar-refractivity contribution is -0.384. The summed E-state index contributed by atoms with van der Waals surface area (Å²) < 4.78 is 6.09. The average molecular weight is 261 g/mol. The Labute approximate surface area is 108 Å². The molecule has 2 rings (SSSR count). The molecule has 7 nitrogen and oxygen atoms in total. The Morgan fingerprint density at radius 3 is 2.74 bits per heavy atom. The van der Waals surface area contributed by atoms with Crippen molar-refractivity contribution in [1.82, 2.24) is 9.78 Å². The average Bonchev–Trinajstić information content (AvgIpc) is 2.83. The number of esters is 1. The van der Waals surface area contributed by atoms with Crippen LogP contribution in [0.25, 0.3) is 11.1 Å². The van der Waals surface area contributed by atoms with Crippen LogP contribution in [0.1, 0.15) is 10.4 Å². The molecule has 7 heteroatoms. The first kappa shape index (κ1) is 12.7. The summed E-state index contributed by atoms with van der Waals surface area (Å²) in [4.78, 5) is 21.9. The zero-order chi connectivity index (χ0) is 14.0. The molecule has 1 heterocycles. The predicted molar refractivity (Wildman–Crippen MR) is 66.6 cm³/mol. The summed E-state index contributed by atoms with van der Waals surface area (Å²) in [5.74, 6) is -0.610. The van der Waals surface area contributed by atoms with Crippen molar-refractivity contribution in [2.75, 3.05) is 7.11 Å². The summed E-state index contributed by atoms with van der Waals surface area (Å²) in [5, 5.41) is 15.1. The number of hydrogen-bond donors (Lipinski definition) is 0. The molecule has 0 unspecified atom stereocenters. The SMILES string of the molecule is COC(=O)c1ccc(-c2cnn(C)c2)c([N+](=O)[O-])c1. The summed E-state index contributed by atoms with van der Waals surface area (Å²) in [7, 11) is 2.95. The van der Waals surface area contributed by atoms with Crippen molar-refractivity contribution in [2.45, 2.75) is 0 Å². The highest BCUT2D eigenvalue weighted by molar-refractivity contribution is 5.91. The maximum Gasteiger partial charge on any atom is 0.338 e. The highest BCUT2D eigenvalue weighted by atomic mass is 16.6. The fraction of sp³-hybridized carbons (Fsp3) is 0.167. The lowest BCUT2D eigenvalue weighted by Gasteiger charge is -2.03. The van der Waals surface area contributed by atoms with Gasteiger partial charge < -0.3 is 4.74 Å². The van der Waals surface area contributed by atoms with E-state index < -0.39 is 10.9 Å². The van der Waals surface area contributed by atoms with Crippen LogP contribution < -0.4 is 0 Å². The Morgan fingerprint density at radius 1 is 1.47 bits per heavy atom. The van der Waals surface area contributed by atoms with Gasteiger partial charge in [0.15, 0.2) is 0 Å². The van der Waals surface area contributed by atoms with E-state index >= 15 is 0 Å². The second-order valence-electron chi connectivity index (χ2n) is 3.88. The van der Waals surface area contributed by atoms with Crippen molar-refractivity contribution in [2.24, 2.45) is 7.05 Å². The number of nitro groups is 1. The van der Waals surface area contributed by atoms with Crippen LogP contribution in [0, 0.1) is 10.1 Å². The molecule has 0 amide bonds. The number of hydrogen-bond acceptors (Lipinski definition) is 5. The second kappa shape index (κ2) is 4.89. The molecule has 19 heavy (non-hydrogen) atoms. The van der Waals surface area contributed by atoms with Crippen molar-refractivity contribution in [3.63, 3.8) is 0 Å². The molecule has 0 spiro atoms. The van der Waals surface area contributed by atoms with Crippen LogP contribution in [-0.2, 0) is 11.8 Å². The van der Waals surface area contributed by atoms with Gasteiger partial charge in [0.05, 0.1) is 29.4 Å². The van der Waals surface area contributed by atoms with E-state index in [9.17, 15) is 14.9 Å². The van der Waals surface area contributed by atoms with Crippen LogP contribution in [-0.4, -0.2) is 27.8 Å². The van der Waals surface area contributed by atoms with Gasteiger partial charge in [0, 0.05) is 24.9 Å². The van der Waals surface area contributed by atoms with E-state index in [1.54, 1.807) is 17.9 Å². The number of aromatic nitrogens is 2. The van der Waals surface area contributed by atoms with Crippen LogP contribution >= 0.6 is 0 Å². The van der Waals surface area contributed by atoms with Gasteiger partial charge in [0.2, 0.25) is 0 Å². The van der Waals surface area contributed by atoms with E-state index in [1.807, 2.05) is 0 Å². The number of rotatable bonds is 3. The predicted octanol–water partition coefficient (Wildman–Crippen LogP) is 1.78. The van der Waals surface area contributed by atoms with Gasteiger partial charge >= 0.3 is 5.97 Å². The fourth-order valence-electron chi connectivity index (χ4n) is 1.73. The number of nitro benzene ring substituents is 1. The summed E-state index contributed by atoms with van der Waals surface area (Å²) in [6, 6.07) is 4.21. The zero-order valence-corrected chi connectivity index (χ0v) is 10.4. The molecule has 0 atom stereocenters. The molecule has 98 valence electrons. The molecule has 0 aliphatic rings. The number of methoxy groups -OCH3 is 1. The van der Waals surface area contributed by atoms with Gasteiger partial charge in [-0.05, 0) is 12.1 Å². The molecule has 0 saturated carbocycles. The lowest BCUT2D eigenvalue weighted by atomic mass is 10.0. The van der Waals surface area contributed by atoms with Crippen LogP contribution in [0.3, 0.4) is 0 Å². The number of carbonyl (C=O) groups is 1. The Balaban J connectivity index is 2.56. The minimum absolute atomic E-state index is 0.141. The molecular formula is C12H11N3O4. The fourth-order valence-corrected chi connectivity index (χ4v) is 1.73. The standard InChI is InChI=1S/C12H11N3O4/c1-14-7-9(6-13-14)10-4-3-8(12(16)19-2)5-11(10)15(17)18/h3-7H,1-2H3. The van der Waals surface area contributed by atoms with E-state index in [1.165, 1.54) is 31.5 Å². The maximum atomic E-state index is 11.4. The Hall–Kier alpha value is -2.70. The van der Waals surface area contributed by atoms with Gasteiger partial charge in [-0.2, -0.15) is 5.10 Å². The van der Waals surface area contributed by atoms with Gasteiger partial charge in [-0.1, -0.05) is 0 Å². The van der Waals surface area contributed by atoms with Crippen LogP contribution in [0.2, 0.25) is 0 Å². The molecule has 0 bridgehead atoms. The van der Waals surface area contributed by atoms with Crippen molar-refractivity contribution in [3.05, 3.63) is 46.3 Å². The van der Waals surface area contributed by atoms with Gasteiger partial charge in [-0.3, -0.25) is 14.8 Å². The third-order valence-corrected chi connectivity index (χ3v) is 2.63. The number of carbonyl (C=O) groups excluding carboxylic acids is 1. The van der Waals surface area contributed by atoms with Crippen LogP contribution in [0.15, 0.2) is 30.6 Å². The van der Waals surface area contributed by atoms with Crippen LogP contribution in [0.5, 0.6) is 0 Å². The van der Waals surface area contributed by atoms with Gasteiger partial charge in [0.1, 0.15) is 0 Å². The summed E-state index contributed by atoms with van der Waals surface area (Å²) in [5.41, 5.74) is 1.01. The number of ether oxygens (including phenoxy) is 1. The van der Waals surface area contributed by atoms with E-state index in [0.717, 1.165) is 0 Å². The molecule has 1 aromatic carbocycles. The molecule has 0 aliphatic heterocycles. The molecule has 0 saturated heterocycles. The van der Waals surface area contributed by atoms with Crippen molar-refractivity contribution in [3.8, 4) is 11.1 Å². The maximum absolute atomic E-state index is 11.4. The Morgan fingerprint density at radius 2 is 2.21 bits per heavy atom. The first-order chi connectivity index (χ1) is 9.02. The minimum Gasteiger partial charge on any atom is -0.465 e. The highest BCUT2D eigenvalue weighted by Gasteiger charge is 2.19. The first-order valence-electron chi connectivity index (χ1n) is 5.38. The van der Waals surface area contributed by atoms with E-state index in [2.05, 4.69) is 9.84 Å². The lowest BCUT2D eigenvalue weighted by Crippen LogP contribution is -2.02. The number of benzene rings is 1. The summed E-state index contributed by atoms with van der Waals surface area (Å²) in [6.07, 6.45) is 3.19. The van der Waals surface area contributed by atoms with E-state index in [-0.39, 0.29) is 11.3 Å². The summed E-state index contributed by atoms with van der Waals surface area (Å²) in [6.45, 7) is 0. The quantitative estimate of drug-likeness (QED) is 0.477. The summed E-state index contributed by atoms with van der Waals surface area (Å²) >= 11 is 0. The van der Waals surface area contributed by atoms with E-state index in [4.69, 9.17) is 0 Å². The third kappa shape index (κ3) is 2.44. The molecular weight excluding hydrogens is 250 g/mol. The molecule has 2 aromatic rings. The highest BCUT2D eigenvalue weighted by Crippen LogP contribution is 2.30. The van der Waals surface area contributed by atoms with Crippen molar-refractivity contribution < 1.29 is 14.5 Å². The van der Waals surface area contributed by atoms with Gasteiger partial charge in [-0.25, -0.2) is 4.79 Å². The second-order valence-corrected chi connectivity index (χ2v) is 3.88. The van der Waals surface area contributed by atoms with Gasteiger partial charge in [0.25, 0.3) is 5.69 Å². The molecule has 0 radical (unpaired) electrons. The largest absolute Gasteiger partial charge is 0.465 e. The van der Waals surface area contributed by atoms with Crippen LogP contribution in [0.4, 0.5) is 5.69 Å². The Kier molecular flexibility index (Phi) is 3.28. The number of nitrogens with zero attached hydrogens (tertiary/aromatic N) is 3. The van der Waals surface area contributed by atoms with Crippen molar-refractivity contribution in [1.29, 1.82) is 0 Å². The number of aryl methyl sites for hydroxylation is 1. The monoisotopic (exact) mass is 261 g/mol. The van der Waals surface area contributed by atoms with Gasteiger partial charge in [-0.15, -0.1) is 0 Å². The smallest absolute Gasteiger partial charge is 0.338 e. The topological polar surface area (TPSA) is 87.3 Å². The third-order valence-electron chi connectivity index (χ3n) is 2.63. The minimum atomic E-state index is -0.610. The molecule has 0 N–H and O–H groups in total. The van der Waals surface area contributed by atoms with E-state index in [0.29, 0.717) is 11.1 Å². The molecule has 0 aliphatic carbocycles. The van der Waals surface area contributed by atoms with Crippen molar-refractivity contribution >= 4 is 11.7 Å².